The number of nitrogens with one attached hydrogen (secondary N) is 1. The molecular weight excluding hydrogens is 268 g/mol. The van der Waals surface area contributed by atoms with Crippen LogP contribution in [-0.2, 0) is 10.3 Å². The highest BCUT2D eigenvalue weighted by molar-refractivity contribution is 5.83. The smallest absolute Gasteiger partial charge is 0.408 e. The van der Waals surface area contributed by atoms with Crippen LogP contribution in [0.4, 0.5) is 4.79 Å². The molecule has 1 heterocycles. The van der Waals surface area contributed by atoms with Crippen LogP contribution in [-0.4, -0.2) is 16.9 Å². The van der Waals surface area contributed by atoms with Gasteiger partial charge in [-0.15, -0.1) is 0 Å². The van der Waals surface area contributed by atoms with Crippen LogP contribution in [0.5, 0.6) is 0 Å². The number of carbonyl (C=O) groups is 1. The predicted molar refractivity (Wildman–Crippen MR) is 81.1 cm³/mol. The fourth-order valence-electron chi connectivity index (χ4n) is 2.17. The van der Waals surface area contributed by atoms with Gasteiger partial charge in [0.15, 0.2) is 5.58 Å². The fourth-order valence-corrected chi connectivity index (χ4v) is 2.17. The highest BCUT2D eigenvalue weighted by atomic mass is 16.6. The number of rotatable bonds is 2. The first-order valence-electron chi connectivity index (χ1n) is 6.97. The maximum absolute atomic E-state index is 12.0. The number of hydrogen-bond donors (Lipinski definition) is 1. The average molecular weight is 290 g/mol. The van der Waals surface area contributed by atoms with Crippen LogP contribution in [0.2, 0.25) is 0 Å². The minimum atomic E-state index is -0.693. The van der Waals surface area contributed by atoms with Gasteiger partial charge in [-0.25, -0.2) is 4.79 Å². The van der Waals surface area contributed by atoms with Crippen molar-refractivity contribution in [2.24, 2.45) is 0 Å². The van der Waals surface area contributed by atoms with Gasteiger partial charge < -0.3 is 14.6 Å². The van der Waals surface area contributed by atoms with Crippen LogP contribution in [0, 0.1) is 6.92 Å². The number of aryl methyl sites for hydroxylation is 1. The van der Waals surface area contributed by atoms with Crippen molar-refractivity contribution in [2.75, 3.05) is 0 Å². The standard InChI is InChI=1S/C16H22N2O3/c1-10-8-7-9-11-12(10)21-18-13(11)16(5,6)17-14(19)20-15(2,3)4/h7-9H,1-6H3,(H,17,19). The molecule has 1 amide bonds. The Morgan fingerprint density at radius 3 is 2.52 bits per heavy atom. The van der Waals surface area contributed by atoms with Gasteiger partial charge in [0.05, 0.1) is 5.54 Å². The first-order valence-corrected chi connectivity index (χ1v) is 6.97. The minimum absolute atomic E-state index is 0.476. The Labute approximate surface area is 124 Å². The monoisotopic (exact) mass is 290 g/mol. The number of alkyl carbamates (subject to hydrolysis) is 1. The lowest BCUT2D eigenvalue weighted by Gasteiger charge is -2.27. The molecule has 0 unspecified atom stereocenters. The number of fused-ring (bicyclic) bond motifs is 1. The summed E-state index contributed by atoms with van der Waals surface area (Å²) in [6.07, 6.45) is -0.476. The molecule has 21 heavy (non-hydrogen) atoms. The van der Waals surface area contributed by atoms with E-state index in [4.69, 9.17) is 9.26 Å². The topological polar surface area (TPSA) is 64.4 Å². The Balaban J connectivity index is 2.30. The molecule has 0 aliphatic rings. The second-order valence-electron chi connectivity index (χ2n) is 6.73. The van der Waals surface area contributed by atoms with Crippen LogP contribution >= 0.6 is 0 Å². The van der Waals surface area contributed by atoms with Gasteiger partial charge in [-0.05, 0) is 53.2 Å². The summed E-state index contributed by atoms with van der Waals surface area (Å²) in [5, 5.41) is 7.87. The zero-order chi connectivity index (χ0) is 15.8. The van der Waals surface area contributed by atoms with Gasteiger partial charge in [-0.2, -0.15) is 0 Å². The number of hydrogen-bond acceptors (Lipinski definition) is 4. The van der Waals surface area contributed by atoms with Gasteiger partial charge in [0.2, 0.25) is 0 Å². The summed E-state index contributed by atoms with van der Waals surface area (Å²) in [6, 6.07) is 5.85. The molecule has 1 N–H and O–H groups in total. The lowest BCUT2D eigenvalue weighted by atomic mass is 9.97. The summed E-state index contributed by atoms with van der Waals surface area (Å²) < 4.78 is 10.7. The van der Waals surface area contributed by atoms with E-state index in [1.807, 2.05) is 59.7 Å². The third kappa shape index (κ3) is 3.35. The van der Waals surface area contributed by atoms with Crippen molar-refractivity contribution >= 4 is 17.1 Å². The molecule has 0 aliphatic carbocycles. The number of carbonyl (C=O) groups excluding carboxylic acids is 1. The summed E-state index contributed by atoms with van der Waals surface area (Å²) in [4.78, 5) is 12.0. The largest absolute Gasteiger partial charge is 0.444 e. The van der Waals surface area contributed by atoms with Crippen molar-refractivity contribution in [2.45, 2.75) is 52.7 Å². The summed E-state index contributed by atoms with van der Waals surface area (Å²) >= 11 is 0. The molecule has 2 aromatic rings. The molecule has 2 rings (SSSR count). The summed E-state index contributed by atoms with van der Waals surface area (Å²) in [7, 11) is 0. The van der Waals surface area contributed by atoms with E-state index in [-0.39, 0.29) is 0 Å². The molecule has 1 aromatic carbocycles. The fraction of sp³-hybridized carbons (Fsp3) is 0.500. The van der Waals surface area contributed by atoms with Crippen molar-refractivity contribution in [1.82, 2.24) is 10.5 Å². The first kappa shape index (κ1) is 15.4. The van der Waals surface area contributed by atoms with Crippen LogP contribution < -0.4 is 5.32 Å². The van der Waals surface area contributed by atoms with E-state index < -0.39 is 17.2 Å². The SMILES string of the molecule is Cc1cccc2c(C(C)(C)NC(=O)OC(C)(C)C)noc12. The molecule has 0 aliphatic heterocycles. The van der Waals surface area contributed by atoms with Crippen molar-refractivity contribution in [3.63, 3.8) is 0 Å². The molecule has 0 fully saturated rings. The molecule has 0 saturated heterocycles. The van der Waals surface area contributed by atoms with Gasteiger partial charge in [0.25, 0.3) is 0 Å². The van der Waals surface area contributed by atoms with Crippen LogP contribution in [0.25, 0.3) is 11.0 Å². The maximum Gasteiger partial charge on any atom is 0.408 e. The third-order valence-corrected chi connectivity index (χ3v) is 3.10. The Morgan fingerprint density at radius 1 is 1.24 bits per heavy atom. The molecule has 5 nitrogen and oxygen atoms in total. The van der Waals surface area contributed by atoms with Gasteiger partial charge in [-0.3, -0.25) is 0 Å². The first-order chi connectivity index (χ1) is 9.60. The molecule has 0 radical (unpaired) electrons. The second-order valence-corrected chi connectivity index (χ2v) is 6.73. The number of ether oxygens (including phenoxy) is 1. The normalized spacial score (nSPS) is 12.5. The Hall–Kier alpha value is -2.04. The van der Waals surface area contributed by atoms with Gasteiger partial charge in [-0.1, -0.05) is 17.3 Å². The van der Waals surface area contributed by atoms with Crippen LogP contribution in [0.1, 0.15) is 45.9 Å². The Bertz CT molecular complexity index is 666. The Morgan fingerprint density at radius 2 is 1.90 bits per heavy atom. The van der Waals surface area contributed by atoms with Crippen molar-refractivity contribution in [1.29, 1.82) is 0 Å². The predicted octanol–water partition coefficient (Wildman–Crippen LogP) is 3.90. The van der Waals surface area contributed by atoms with E-state index in [0.717, 1.165) is 16.5 Å². The van der Waals surface area contributed by atoms with E-state index in [9.17, 15) is 4.79 Å². The molecule has 0 spiro atoms. The van der Waals surface area contributed by atoms with Gasteiger partial charge in [0, 0.05) is 5.39 Å². The van der Waals surface area contributed by atoms with Crippen LogP contribution in [0.15, 0.2) is 22.7 Å². The molecule has 0 saturated carbocycles. The summed E-state index contributed by atoms with van der Waals surface area (Å²) in [6.45, 7) is 11.2. The van der Waals surface area contributed by atoms with Gasteiger partial charge in [0.1, 0.15) is 11.3 Å². The molecule has 1 aromatic heterocycles. The minimum Gasteiger partial charge on any atom is -0.444 e. The zero-order valence-electron chi connectivity index (χ0n) is 13.4. The number of para-hydroxylation sites is 1. The molecular formula is C16H22N2O3. The Kier molecular flexibility index (Phi) is 3.70. The van der Waals surface area contributed by atoms with Crippen LogP contribution in [0.3, 0.4) is 0 Å². The van der Waals surface area contributed by atoms with Crippen molar-refractivity contribution < 1.29 is 14.1 Å². The zero-order valence-corrected chi connectivity index (χ0v) is 13.4. The second kappa shape index (κ2) is 5.06. The number of amides is 1. The quantitative estimate of drug-likeness (QED) is 0.911. The molecule has 5 heteroatoms. The molecule has 0 bridgehead atoms. The number of benzene rings is 1. The average Bonchev–Trinajstić information content (AvgIpc) is 2.71. The maximum atomic E-state index is 12.0. The number of nitrogens with zero attached hydrogens (tertiary/aromatic N) is 1. The van der Waals surface area contributed by atoms with E-state index in [1.54, 1.807) is 0 Å². The number of aromatic nitrogens is 1. The third-order valence-electron chi connectivity index (χ3n) is 3.10. The van der Waals surface area contributed by atoms with Gasteiger partial charge >= 0.3 is 6.09 Å². The van der Waals surface area contributed by atoms with E-state index in [1.165, 1.54) is 0 Å². The molecule has 114 valence electrons. The highest BCUT2D eigenvalue weighted by Gasteiger charge is 2.31. The summed E-state index contributed by atoms with van der Waals surface area (Å²) in [5.41, 5.74) is 1.21. The van der Waals surface area contributed by atoms with Crippen molar-refractivity contribution in [3.05, 3.63) is 29.5 Å². The van der Waals surface area contributed by atoms with Crippen molar-refractivity contribution in [3.8, 4) is 0 Å². The lowest BCUT2D eigenvalue weighted by molar-refractivity contribution is 0.0467. The summed E-state index contributed by atoms with van der Waals surface area (Å²) in [5.74, 6) is 0. The van der Waals surface area contributed by atoms with E-state index in [0.29, 0.717) is 5.69 Å². The van der Waals surface area contributed by atoms with E-state index in [2.05, 4.69) is 10.5 Å². The molecule has 0 atom stereocenters. The lowest BCUT2D eigenvalue weighted by Crippen LogP contribution is -2.44. The highest BCUT2D eigenvalue weighted by Crippen LogP contribution is 2.29. The van der Waals surface area contributed by atoms with E-state index >= 15 is 0 Å².